The minimum Gasteiger partial charge on any atom is -0.459 e. The van der Waals surface area contributed by atoms with E-state index in [1.165, 1.54) is 89.9 Å². The first-order valence-corrected chi connectivity index (χ1v) is 29.7. The summed E-state index contributed by atoms with van der Waals surface area (Å²) in [6.45, 7) is 9.88. The largest absolute Gasteiger partial charge is 0.459 e. The van der Waals surface area contributed by atoms with Crippen LogP contribution < -0.4 is 14.8 Å². The van der Waals surface area contributed by atoms with Crippen molar-refractivity contribution in [1.29, 1.82) is 0 Å². The zero-order valence-electron chi connectivity index (χ0n) is 46.4. The highest BCUT2D eigenvalue weighted by Crippen LogP contribution is 2.62. The summed E-state index contributed by atoms with van der Waals surface area (Å²) in [6, 6.07) is 19.7. The number of ether oxygens (including phenoxy) is 3. The van der Waals surface area contributed by atoms with Gasteiger partial charge in [0.2, 0.25) is 11.7 Å². The molecule has 3 aromatic rings. The molecule has 6 rings (SSSR count). The number of amides is 2. The number of carbonyl (C=O) groups excluding carboxylic acids is 2. The molecule has 3 aliphatic rings. The minimum absolute atomic E-state index is 0.0329. The molecule has 0 spiro atoms. The summed E-state index contributed by atoms with van der Waals surface area (Å²) in [7, 11) is 1.58. The molecular weight excluding hydrogens is 939 g/mol. The molecule has 2 aliphatic carbocycles. The normalized spacial score (nSPS) is 21.2. The van der Waals surface area contributed by atoms with Crippen LogP contribution in [0.4, 0.5) is 4.79 Å². The van der Waals surface area contributed by atoms with Crippen molar-refractivity contribution in [3.05, 3.63) is 96.1 Å². The summed E-state index contributed by atoms with van der Waals surface area (Å²) in [5.41, 5.74) is 3.66. The SMILES string of the molecule is C=CCO[C@@]12Oc3ccc(OC(=O)NCCCCCCCCCCCC)cc3[C@H]3[C@H](CCCCO)[C@@H](CCCCO)C=C(C(=NOC)C[C@@H]1N(Cc1cccc4ccccc14)C(=O)CCCCCCCCCCC)[C@H]32. The maximum Gasteiger partial charge on any atom is 0.412 e. The molecular formula is C64H95N3O8. The lowest BCUT2D eigenvalue weighted by atomic mass is 9.55. The second-order valence-electron chi connectivity index (χ2n) is 21.7. The van der Waals surface area contributed by atoms with Gasteiger partial charge in [0.1, 0.15) is 24.7 Å². The molecule has 1 fully saturated rings. The fourth-order valence-electron chi connectivity index (χ4n) is 12.5. The number of nitrogens with one attached hydrogen (secondary N) is 1. The van der Waals surface area contributed by atoms with Crippen LogP contribution in [0.3, 0.4) is 0 Å². The Morgan fingerprint density at radius 2 is 1.43 bits per heavy atom. The lowest BCUT2D eigenvalue weighted by Gasteiger charge is -2.60. The highest BCUT2D eigenvalue weighted by Gasteiger charge is 2.65. The number of rotatable bonds is 37. The first-order valence-electron chi connectivity index (χ1n) is 29.7. The quantitative estimate of drug-likeness (QED) is 0.0295. The average Bonchev–Trinajstić information content (AvgIpc) is 3.44. The molecule has 414 valence electrons. The third kappa shape index (κ3) is 16.9. The van der Waals surface area contributed by atoms with Crippen LogP contribution in [-0.4, -0.2) is 78.1 Å². The molecule has 75 heavy (non-hydrogen) atoms. The number of oxime groups is 1. The summed E-state index contributed by atoms with van der Waals surface area (Å²) in [5.74, 6) is -0.928. The second kappa shape index (κ2) is 32.8. The topological polar surface area (TPSA) is 139 Å². The van der Waals surface area contributed by atoms with Crippen LogP contribution >= 0.6 is 0 Å². The van der Waals surface area contributed by atoms with Gasteiger partial charge in [0, 0.05) is 50.6 Å². The zero-order chi connectivity index (χ0) is 53.1. The third-order valence-electron chi connectivity index (χ3n) is 16.3. The number of aliphatic hydroxyl groups excluding tert-OH is 2. The molecule has 11 heteroatoms. The van der Waals surface area contributed by atoms with Gasteiger partial charge in [-0.05, 0) is 90.5 Å². The molecule has 3 aromatic carbocycles. The summed E-state index contributed by atoms with van der Waals surface area (Å²) in [6.07, 6.45) is 31.5. The molecule has 0 aromatic heterocycles. The number of nitrogens with zero attached hydrogens (tertiary/aromatic N) is 2. The predicted octanol–water partition coefficient (Wildman–Crippen LogP) is 15.1. The highest BCUT2D eigenvalue weighted by molar-refractivity contribution is 6.03. The standard InChI is InChI=1S/C64H95N3O8/c1-5-8-10-12-14-16-18-20-22-28-41-65-63(71)74-52-39-40-58-56(46-52)61-54(37-27-30-43-69)50(33-26-29-42-68)45-55-57(66-72-4)47-59(64(75-58,62(55)61)73-44-7-3)67(48-51-35-31-34-49-32-24-25-36-53(49)51)60(70)38-23-21-19-17-15-13-11-9-6-2/h7,24-25,31-32,34-36,39-40,45-46,50,54,59,61-62,68-69H,3,5-6,8-23,26-30,33,37-38,41-44,47-48H2,1-2,4H3,(H,65,71)/t50-,54+,59-,61+,62+,64+/m0/s1. The first kappa shape index (κ1) is 59.5. The molecule has 0 radical (unpaired) electrons. The van der Waals surface area contributed by atoms with Gasteiger partial charge in [0.15, 0.2) is 0 Å². The van der Waals surface area contributed by atoms with Gasteiger partial charge in [-0.25, -0.2) is 4.79 Å². The van der Waals surface area contributed by atoms with Crippen LogP contribution in [0, 0.1) is 17.8 Å². The van der Waals surface area contributed by atoms with Gasteiger partial charge < -0.3 is 39.5 Å². The van der Waals surface area contributed by atoms with E-state index < -0.39 is 23.8 Å². The van der Waals surface area contributed by atoms with Crippen molar-refractivity contribution in [3.8, 4) is 11.5 Å². The maximum atomic E-state index is 15.4. The van der Waals surface area contributed by atoms with E-state index in [-0.39, 0.29) is 43.5 Å². The van der Waals surface area contributed by atoms with E-state index in [9.17, 15) is 15.0 Å². The van der Waals surface area contributed by atoms with Crippen molar-refractivity contribution in [2.45, 2.75) is 212 Å². The third-order valence-corrected chi connectivity index (χ3v) is 16.3. The van der Waals surface area contributed by atoms with Gasteiger partial charge in [-0.2, -0.15) is 0 Å². The van der Waals surface area contributed by atoms with Gasteiger partial charge in [-0.15, -0.1) is 6.58 Å². The van der Waals surface area contributed by atoms with Gasteiger partial charge in [-0.3, -0.25) is 4.79 Å². The van der Waals surface area contributed by atoms with E-state index >= 15 is 4.79 Å². The number of benzene rings is 3. The summed E-state index contributed by atoms with van der Waals surface area (Å²) in [5, 5.41) is 30.1. The van der Waals surface area contributed by atoms with Crippen LogP contribution in [0.2, 0.25) is 0 Å². The predicted molar refractivity (Wildman–Crippen MR) is 304 cm³/mol. The molecule has 3 N–H and O–H groups in total. The Kier molecular flexibility index (Phi) is 26.0. The molecule has 0 bridgehead atoms. The van der Waals surface area contributed by atoms with Crippen molar-refractivity contribution in [3.63, 3.8) is 0 Å². The number of hydrogen-bond donors (Lipinski definition) is 3. The second-order valence-corrected chi connectivity index (χ2v) is 21.7. The monoisotopic (exact) mass is 1030 g/mol. The van der Waals surface area contributed by atoms with Gasteiger partial charge in [0.05, 0.1) is 18.2 Å². The Hall–Kier alpha value is -4.71. The smallest absolute Gasteiger partial charge is 0.412 e. The van der Waals surface area contributed by atoms with Crippen molar-refractivity contribution in [1.82, 2.24) is 10.2 Å². The molecule has 1 heterocycles. The summed E-state index contributed by atoms with van der Waals surface area (Å²) in [4.78, 5) is 36.7. The van der Waals surface area contributed by atoms with E-state index in [4.69, 9.17) is 24.2 Å². The Labute approximate surface area is 451 Å². The number of unbranched alkanes of at least 4 members (excludes halogenated alkanes) is 19. The number of hydrogen-bond acceptors (Lipinski definition) is 9. The first-order chi connectivity index (χ1) is 36.8. The van der Waals surface area contributed by atoms with Crippen molar-refractivity contribution in [2.24, 2.45) is 22.9 Å². The molecule has 0 saturated heterocycles. The molecule has 1 aliphatic heterocycles. The van der Waals surface area contributed by atoms with Crippen molar-refractivity contribution < 1.29 is 38.9 Å². The summed E-state index contributed by atoms with van der Waals surface area (Å²) < 4.78 is 20.9. The van der Waals surface area contributed by atoms with Crippen molar-refractivity contribution >= 4 is 28.5 Å². The number of aliphatic hydroxyl groups is 2. The molecule has 0 unspecified atom stereocenters. The minimum atomic E-state index is -1.40. The molecule has 2 amide bonds. The van der Waals surface area contributed by atoms with Crippen LogP contribution in [0.25, 0.3) is 10.8 Å². The zero-order valence-corrected chi connectivity index (χ0v) is 46.4. The molecule has 1 saturated carbocycles. The van der Waals surface area contributed by atoms with Crippen LogP contribution in [0.5, 0.6) is 11.5 Å². The average molecular weight is 1030 g/mol. The Morgan fingerprint density at radius 1 is 0.787 bits per heavy atom. The maximum absolute atomic E-state index is 15.4. The van der Waals surface area contributed by atoms with E-state index in [1.54, 1.807) is 19.3 Å². The molecule has 11 nitrogen and oxygen atoms in total. The number of allylic oxidation sites excluding steroid dienone is 1. The number of fused-ring (bicyclic) bond motifs is 3. The number of carbonyl (C=O) groups is 2. The van der Waals surface area contributed by atoms with Crippen LogP contribution in [-0.2, 0) is 20.9 Å². The van der Waals surface area contributed by atoms with Gasteiger partial charge in [0.25, 0.3) is 0 Å². The van der Waals surface area contributed by atoms with E-state index in [0.717, 1.165) is 91.0 Å². The van der Waals surface area contributed by atoms with Gasteiger partial charge >= 0.3 is 6.09 Å². The van der Waals surface area contributed by atoms with Crippen LogP contribution in [0.15, 0.2) is 90.1 Å². The fourth-order valence-corrected chi connectivity index (χ4v) is 12.5. The van der Waals surface area contributed by atoms with E-state index in [1.807, 2.05) is 23.1 Å². The van der Waals surface area contributed by atoms with E-state index in [0.29, 0.717) is 50.3 Å². The Morgan fingerprint density at radius 3 is 2.09 bits per heavy atom. The lowest BCUT2D eigenvalue weighted by molar-refractivity contribution is -0.258. The van der Waals surface area contributed by atoms with Gasteiger partial charge in [-0.1, -0.05) is 196 Å². The fraction of sp³-hybridized carbons (Fsp3) is 0.641. The van der Waals surface area contributed by atoms with Crippen molar-refractivity contribution in [2.75, 3.05) is 33.5 Å². The summed E-state index contributed by atoms with van der Waals surface area (Å²) >= 11 is 0. The lowest BCUT2D eigenvalue weighted by Crippen LogP contribution is -2.70. The Balaban J connectivity index is 1.38. The van der Waals surface area contributed by atoms with E-state index in [2.05, 4.69) is 68.2 Å². The highest BCUT2D eigenvalue weighted by atomic mass is 16.7. The Bertz CT molecular complexity index is 2240. The molecule has 6 atom stereocenters. The van der Waals surface area contributed by atoms with Crippen LogP contribution in [0.1, 0.15) is 204 Å².